The molecule has 0 amide bonds. The van der Waals surface area contributed by atoms with E-state index in [2.05, 4.69) is 22.4 Å². The summed E-state index contributed by atoms with van der Waals surface area (Å²) in [5.74, 6) is 0. The lowest BCUT2D eigenvalue weighted by molar-refractivity contribution is 0.454. The Morgan fingerprint density at radius 2 is 1.58 bits per heavy atom. The first-order valence-electron chi connectivity index (χ1n) is 7.41. The SMILES string of the molecule is CCCCCCCCNCn1nc2ccccc2n1. The van der Waals surface area contributed by atoms with Crippen LogP contribution in [0.25, 0.3) is 11.0 Å². The van der Waals surface area contributed by atoms with E-state index in [-0.39, 0.29) is 0 Å². The van der Waals surface area contributed by atoms with Gasteiger partial charge in [0, 0.05) is 0 Å². The summed E-state index contributed by atoms with van der Waals surface area (Å²) in [5, 5.41) is 12.2. The molecule has 104 valence electrons. The standard InChI is InChI=1S/C15H24N4/c1-2-3-4-5-6-9-12-16-13-19-17-14-10-7-8-11-15(14)18-19/h7-8,10-11,16H,2-6,9,12-13H2,1H3. The molecule has 0 aliphatic carbocycles. The minimum atomic E-state index is 0.698. The highest BCUT2D eigenvalue weighted by Crippen LogP contribution is 2.06. The highest BCUT2D eigenvalue weighted by atomic mass is 15.5. The van der Waals surface area contributed by atoms with Gasteiger partial charge in [0.15, 0.2) is 0 Å². The molecule has 4 nitrogen and oxygen atoms in total. The van der Waals surface area contributed by atoms with Gasteiger partial charge >= 0.3 is 0 Å². The largest absolute Gasteiger partial charge is 0.297 e. The minimum Gasteiger partial charge on any atom is -0.297 e. The highest BCUT2D eigenvalue weighted by molar-refractivity contribution is 5.72. The molecule has 0 atom stereocenters. The molecule has 4 heteroatoms. The average Bonchev–Trinajstić information content (AvgIpc) is 2.84. The van der Waals surface area contributed by atoms with Crippen LogP contribution in [0.3, 0.4) is 0 Å². The molecule has 2 rings (SSSR count). The van der Waals surface area contributed by atoms with Crippen LogP contribution >= 0.6 is 0 Å². The molecule has 2 aromatic rings. The van der Waals surface area contributed by atoms with Gasteiger partial charge in [-0.1, -0.05) is 51.2 Å². The second-order valence-corrected chi connectivity index (χ2v) is 4.99. The van der Waals surface area contributed by atoms with E-state index in [1.54, 1.807) is 4.80 Å². The summed E-state index contributed by atoms with van der Waals surface area (Å²) in [7, 11) is 0. The fourth-order valence-corrected chi connectivity index (χ4v) is 2.18. The van der Waals surface area contributed by atoms with Gasteiger partial charge in [-0.15, -0.1) is 0 Å². The third kappa shape index (κ3) is 4.63. The normalized spacial score (nSPS) is 11.2. The molecule has 0 saturated carbocycles. The van der Waals surface area contributed by atoms with Crippen LogP contribution in [0, 0.1) is 0 Å². The van der Waals surface area contributed by atoms with Crippen molar-refractivity contribution < 1.29 is 0 Å². The van der Waals surface area contributed by atoms with E-state index in [1.807, 2.05) is 24.3 Å². The van der Waals surface area contributed by atoms with Crippen molar-refractivity contribution in [2.45, 2.75) is 52.1 Å². The second-order valence-electron chi connectivity index (χ2n) is 4.99. The van der Waals surface area contributed by atoms with Crippen LogP contribution in [0.5, 0.6) is 0 Å². The highest BCUT2D eigenvalue weighted by Gasteiger charge is 1.99. The third-order valence-electron chi connectivity index (χ3n) is 3.29. The Morgan fingerprint density at radius 1 is 0.947 bits per heavy atom. The van der Waals surface area contributed by atoms with E-state index in [0.29, 0.717) is 6.67 Å². The zero-order valence-electron chi connectivity index (χ0n) is 11.8. The molecule has 0 bridgehead atoms. The molecule has 0 fully saturated rings. The number of unbranched alkanes of at least 4 members (excludes halogenated alkanes) is 5. The van der Waals surface area contributed by atoms with Crippen molar-refractivity contribution in [1.82, 2.24) is 20.3 Å². The molecule has 0 radical (unpaired) electrons. The van der Waals surface area contributed by atoms with Gasteiger partial charge in [0.2, 0.25) is 0 Å². The summed E-state index contributed by atoms with van der Waals surface area (Å²) in [6, 6.07) is 7.97. The Labute approximate surface area is 115 Å². The Kier molecular flexibility index (Phi) is 5.82. The Hall–Kier alpha value is -1.42. The topological polar surface area (TPSA) is 42.7 Å². The maximum absolute atomic E-state index is 4.41. The van der Waals surface area contributed by atoms with Gasteiger partial charge in [0.1, 0.15) is 17.7 Å². The number of hydrogen-bond donors (Lipinski definition) is 1. The molecular weight excluding hydrogens is 236 g/mol. The number of benzene rings is 1. The number of nitrogens with zero attached hydrogens (tertiary/aromatic N) is 3. The van der Waals surface area contributed by atoms with Crippen LogP contribution in [0.15, 0.2) is 24.3 Å². The van der Waals surface area contributed by atoms with Crippen molar-refractivity contribution in [2.24, 2.45) is 0 Å². The minimum absolute atomic E-state index is 0.698. The second kappa shape index (κ2) is 7.89. The average molecular weight is 260 g/mol. The van der Waals surface area contributed by atoms with Crippen LogP contribution in [-0.2, 0) is 6.67 Å². The lowest BCUT2D eigenvalue weighted by atomic mass is 10.1. The first-order valence-corrected chi connectivity index (χ1v) is 7.41. The quantitative estimate of drug-likeness (QED) is 0.703. The molecular formula is C15H24N4. The van der Waals surface area contributed by atoms with E-state index in [1.165, 1.54) is 38.5 Å². The van der Waals surface area contributed by atoms with Crippen LogP contribution < -0.4 is 5.32 Å². The summed E-state index contributed by atoms with van der Waals surface area (Å²) < 4.78 is 0. The van der Waals surface area contributed by atoms with E-state index >= 15 is 0 Å². The number of aromatic nitrogens is 3. The summed E-state index contributed by atoms with van der Waals surface area (Å²) in [6.07, 6.45) is 7.99. The summed E-state index contributed by atoms with van der Waals surface area (Å²) in [6.45, 7) is 4.00. The molecule has 1 heterocycles. The molecule has 1 N–H and O–H groups in total. The van der Waals surface area contributed by atoms with Crippen LogP contribution in [0.2, 0.25) is 0 Å². The van der Waals surface area contributed by atoms with Crippen molar-refractivity contribution in [3.05, 3.63) is 24.3 Å². The fourth-order valence-electron chi connectivity index (χ4n) is 2.18. The molecule has 0 aliphatic heterocycles. The molecule has 0 spiro atoms. The predicted molar refractivity (Wildman–Crippen MR) is 78.9 cm³/mol. The van der Waals surface area contributed by atoms with Gasteiger partial charge in [-0.05, 0) is 25.1 Å². The zero-order chi connectivity index (χ0) is 13.3. The maximum atomic E-state index is 4.41. The Balaban J connectivity index is 1.60. The Bertz CT molecular complexity index is 445. The van der Waals surface area contributed by atoms with Crippen molar-refractivity contribution in [3.8, 4) is 0 Å². The van der Waals surface area contributed by atoms with E-state index in [9.17, 15) is 0 Å². The number of fused-ring (bicyclic) bond motifs is 1. The molecule has 1 aromatic carbocycles. The van der Waals surface area contributed by atoms with Crippen LogP contribution in [0.1, 0.15) is 45.4 Å². The van der Waals surface area contributed by atoms with Crippen molar-refractivity contribution in [3.63, 3.8) is 0 Å². The fraction of sp³-hybridized carbons (Fsp3) is 0.600. The summed E-state index contributed by atoms with van der Waals surface area (Å²) in [4.78, 5) is 1.74. The van der Waals surface area contributed by atoms with Crippen molar-refractivity contribution >= 4 is 11.0 Å². The molecule has 19 heavy (non-hydrogen) atoms. The monoisotopic (exact) mass is 260 g/mol. The summed E-state index contributed by atoms with van der Waals surface area (Å²) in [5.41, 5.74) is 1.92. The number of nitrogens with one attached hydrogen (secondary N) is 1. The van der Waals surface area contributed by atoms with Crippen LogP contribution in [0.4, 0.5) is 0 Å². The lowest BCUT2D eigenvalue weighted by Gasteiger charge is -2.03. The zero-order valence-corrected chi connectivity index (χ0v) is 11.8. The maximum Gasteiger partial charge on any atom is 0.113 e. The van der Waals surface area contributed by atoms with E-state index in [4.69, 9.17) is 0 Å². The smallest absolute Gasteiger partial charge is 0.113 e. The van der Waals surface area contributed by atoms with Gasteiger partial charge in [0.25, 0.3) is 0 Å². The molecule has 1 aromatic heterocycles. The van der Waals surface area contributed by atoms with Gasteiger partial charge < -0.3 is 0 Å². The van der Waals surface area contributed by atoms with Crippen molar-refractivity contribution in [2.75, 3.05) is 6.54 Å². The van der Waals surface area contributed by atoms with E-state index in [0.717, 1.165) is 17.6 Å². The Morgan fingerprint density at radius 3 is 2.26 bits per heavy atom. The lowest BCUT2D eigenvalue weighted by Crippen LogP contribution is -2.21. The number of hydrogen-bond acceptors (Lipinski definition) is 3. The van der Waals surface area contributed by atoms with Gasteiger partial charge in [-0.3, -0.25) is 5.32 Å². The third-order valence-corrected chi connectivity index (χ3v) is 3.29. The van der Waals surface area contributed by atoms with Crippen LogP contribution in [-0.4, -0.2) is 21.5 Å². The molecule has 0 unspecified atom stereocenters. The predicted octanol–water partition coefficient (Wildman–Crippen LogP) is 3.34. The number of rotatable bonds is 9. The molecule has 0 aliphatic rings. The van der Waals surface area contributed by atoms with Gasteiger partial charge in [0.05, 0.1) is 0 Å². The first-order chi connectivity index (χ1) is 9.40. The van der Waals surface area contributed by atoms with Gasteiger partial charge in [-0.25, -0.2) is 0 Å². The van der Waals surface area contributed by atoms with E-state index < -0.39 is 0 Å². The summed E-state index contributed by atoms with van der Waals surface area (Å²) >= 11 is 0. The molecule has 0 saturated heterocycles. The van der Waals surface area contributed by atoms with Crippen molar-refractivity contribution in [1.29, 1.82) is 0 Å². The van der Waals surface area contributed by atoms with Gasteiger partial charge in [-0.2, -0.15) is 15.0 Å². The first kappa shape index (κ1) is 14.0.